The van der Waals surface area contributed by atoms with Crippen molar-refractivity contribution in [3.8, 4) is 5.75 Å². The van der Waals surface area contributed by atoms with Gasteiger partial charge in [-0.05, 0) is 43.4 Å². The van der Waals surface area contributed by atoms with Gasteiger partial charge in [0.1, 0.15) is 5.75 Å². The summed E-state index contributed by atoms with van der Waals surface area (Å²) in [6, 6.07) is 6.77. The van der Waals surface area contributed by atoms with Gasteiger partial charge in [0.2, 0.25) is 5.91 Å². The van der Waals surface area contributed by atoms with Crippen molar-refractivity contribution in [3.05, 3.63) is 29.8 Å². The highest BCUT2D eigenvalue weighted by atomic mass is 16.3. The number of phenolic OH excluding ortho intramolecular Hbond substituents is 1. The monoisotopic (exact) mass is 264 g/mol. The molecule has 0 aliphatic carbocycles. The maximum absolute atomic E-state index is 11.8. The molecule has 1 rings (SSSR count). The fourth-order valence-corrected chi connectivity index (χ4v) is 1.76. The van der Waals surface area contributed by atoms with Crippen LogP contribution in [0.2, 0.25) is 0 Å². The van der Waals surface area contributed by atoms with Crippen molar-refractivity contribution >= 4 is 5.91 Å². The predicted octanol–water partition coefficient (Wildman–Crippen LogP) is 1.81. The van der Waals surface area contributed by atoms with Gasteiger partial charge in [0.15, 0.2) is 0 Å². The third-order valence-electron chi connectivity index (χ3n) is 3.21. The number of phenols is 1. The van der Waals surface area contributed by atoms with Gasteiger partial charge >= 0.3 is 0 Å². The van der Waals surface area contributed by atoms with Crippen molar-refractivity contribution in [3.63, 3.8) is 0 Å². The second-order valence-electron chi connectivity index (χ2n) is 5.38. The highest BCUT2D eigenvalue weighted by molar-refractivity contribution is 5.81. The van der Waals surface area contributed by atoms with Gasteiger partial charge in [-0.3, -0.25) is 4.79 Å². The van der Waals surface area contributed by atoms with E-state index in [9.17, 15) is 9.90 Å². The first kappa shape index (κ1) is 15.5. The van der Waals surface area contributed by atoms with Crippen LogP contribution in [0, 0.1) is 5.92 Å². The van der Waals surface area contributed by atoms with E-state index in [0.717, 1.165) is 18.4 Å². The van der Waals surface area contributed by atoms with Gasteiger partial charge in [0.25, 0.3) is 0 Å². The van der Waals surface area contributed by atoms with E-state index in [1.807, 2.05) is 32.9 Å². The minimum Gasteiger partial charge on any atom is -0.508 e. The van der Waals surface area contributed by atoms with Crippen LogP contribution in [0.1, 0.15) is 32.8 Å². The molecular weight excluding hydrogens is 240 g/mol. The highest BCUT2D eigenvalue weighted by Crippen LogP contribution is 2.12. The summed E-state index contributed by atoms with van der Waals surface area (Å²) in [4.78, 5) is 11.8. The molecule has 0 aliphatic rings. The van der Waals surface area contributed by atoms with E-state index in [2.05, 4.69) is 5.32 Å². The smallest absolute Gasteiger partial charge is 0.237 e. The lowest BCUT2D eigenvalue weighted by Crippen LogP contribution is -2.47. The number of aryl methyl sites for hydroxylation is 1. The topological polar surface area (TPSA) is 75.3 Å². The lowest BCUT2D eigenvalue weighted by Gasteiger charge is -2.19. The first-order valence-corrected chi connectivity index (χ1v) is 6.74. The van der Waals surface area contributed by atoms with E-state index in [-0.39, 0.29) is 23.6 Å². The number of amides is 1. The van der Waals surface area contributed by atoms with E-state index in [1.165, 1.54) is 0 Å². The summed E-state index contributed by atoms with van der Waals surface area (Å²) in [5.74, 6) is 0.325. The molecule has 4 nitrogen and oxygen atoms in total. The van der Waals surface area contributed by atoms with Crippen molar-refractivity contribution in [1.82, 2.24) is 5.32 Å². The summed E-state index contributed by atoms with van der Waals surface area (Å²) < 4.78 is 0. The van der Waals surface area contributed by atoms with Gasteiger partial charge in [-0.25, -0.2) is 0 Å². The molecule has 2 atom stereocenters. The maximum atomic E-state index is 11.8. The molecule has 1 unspecified atom stereocenters. The number of carbonyl (C=O) groups excluding carboxylic acids is 1. The quantitative estimate of drug-likeness (QED) is 0.733. The number of aromatic hydroxyl groups is 1. The molecule has 0 spiro atoms. The van der Waals surface area contributed by atoms with Crippen LogP contribution in [0.5, 0.6) is 5.75 Å². The van der Waals surface area contributed by atoms with Gasteiger partial charge in [-0.15, -0.1) is 0 Å². The summed E-state index contributed by atoms with van der Waals surface area (Å²) in [6.45, 7) is 5.85. The van der Waals surface area contributed by atoms with E-state index >= 15 is 0 Å². The van der Waals surface area contributed by atoms with Crippen LogP contribution in [0.4, 0.5) is 0 Å². The summed E-state index contributed by atoms with van der Waals surface area (Å²) in [5, 5.41) is 12.1. The lowest BCUT2D eigenvalue weighted by atomic mass is 10.0. The minimum atomic E-state index is -0.448. The Bertz CT molecular complexity index is 401. The fourth-order valence-electron chi connectivity index (χ4n) is 1.76. The first-order chi connectivity index (χ1) is 8.90. The minimum absolute atomic E-state index is 0.0890. The van der Waals surface area contributed by atoms with Crippen LogP contribution in [0.25, 0.3) is 0 Å². The zero-order valence-electron chi connectivity index (χ0n) is 11.9. The number of hydrogen-bond donors (Lipinski definition) is 3. The zero-order valence-corrected chi connectivity index (χ0v) is 11.9. The molecule has 0 saturated heterocycles. The summed E-state index contributed by atoms with van der Waals surface area (Å²) >= 11 is 0. The number of benzene rings is 1. The van der Waals surface area contributed by atoms with Crippen LogP contribution in [-0.4, -0.2) is 23.1 Å². The number of hydrogen-bond acceptors (Lipinski definition) is 3. The molecule has 0 fully saturated rings. The molecule has 0 bridgehead atoms. The second-order valence-corrected chi connectivity index (χ2v) is 5.38. The zero-order chi connectivity index (χ0) is 14.4. The van der Waals surface area contributed by atoms with Crippen molar-refractivity contribution in [2.75, 3.05) is 0 Å². The third kappa shape index (κ3) is 5.30. The summed E-state index contributed by atoms with van der Waals surface area (Å²) in [6.07, 6.45) is 1.71. The molecule has 1 amide bonds. The molecule has 0 radical (unpaired) electrons. The molecule has 4 heteroatoms. The number of carbonyl (C=O) groups is 1. The van der Waals surface area contributed by atoms with Crippen LogP contribution in [0.15, 0.2) is 24.3 Å². The number of rotatable bonds is 6. The van der Waals surface area contributed by atoms with Crippen LogP contribution < -0.4 is 11.1 Å². The molecule has 0 aromatic heterocycles. The Morgan fingerprint density at radius 1 is 1.26 bits per heavy atom. The van der Waals surface area contributed by atoms with E-state index in [1.54, 1.807) is 12.1 Å². The Hall–Kier alpha value is -1.55. The molecule has 0 saturated carbocycles. The van der Waals surface area contributed by atoms with Gasteiger partial charge in [-0.1, -0.05) is 26.0 Å². The number of nitrogens with two attached hydrogens (primary N) is 1. The Kier molecular flexibility index (Phi) is 5.83. The van der Waals surface area contributed by atoms with Crippen molar-refractivity contribution in [2.45, 2.75) is 45.7 Å². The first-order valence-electron chi connectivity index (χ1n) is 6.74. The van der Waals surface area contributed by atoms with Crippen molar-refractivity contribution in [1.29, 1.82) is 0 Å². The molecule has 1 aromatic rings. The van der Waals surface area contributed by atoms with Crippen molar-refractivity contribution < 1.29 is 9.90 Å². The van der Waals surface area contributed by atoms with Gasteiger partial charge < -0.3 is 16.2 Å². The van der Waals surface area contributed by atoms with E-state index < -0.39 is 6.04 Å². The standard InChI is InChI=1S/C15H24N2O2/c1-10(2)14(16)15(19)17-11(3)4-5-12-6-8-13(18)9-7-12/h6-11,14,18H,4-5,16H2,1-3H3,(H,17,19)/t11?,14-/m1/s1. The van der Waals surface area contributed by atoms with Gasteiger partial charge in [0.05, 0.1) is 6.04 Å². The van der Waals surface area contributed by atoms with Crippen LogP contribution >= 0.6 is 0 Å². The second kappa shape index (κ2) is 7.14. The third-order valence-corrected chi connectivity index (χ3v) is 3.21. The Balaban J connectivity index is 2.37. The van der Waals surface area contributed by atoms with Crippen LogP contribution in [-0.2, 0) is 11.2 Å². The van der Waals surface area contributed by atoms with Gasteiger partial charge in [-0.2, -0.15) is 0 Å². The normalized spacial score (nSPS) is 14.2. The summed E-state index contributed by atoms with van der Waals surface area (Å²) in [7, 11) is 0. The largest absolute Gasteiger partial charge is 0.508 e. The Morgan fingerprint density at radius 3 is 2.37 bits per heavy atom. The fraction of sp³-hybridized carbons (Fsp3) is 0.533. The molecule has 106 valence electrons. The molecule has 0 heterocycles. The Labute approximate surface area is 115 Å². The number of nitrogens with one attached hydrogen (secondary N) is 1. The molecule has 0 aliphatic heterocycles. The average Bonchev–Trinajstić information content (AvgIpc) is 2.37. The SMILES string of the molecule is CC(CCc1ccc(O)cc1)NC(=O)[C@H](N)C(C)C. The summed E-state index contributed by atoms with van der Waals surface area (Å²) in [5.41, 5.74) is 6.94. The Morgan fingerprint density at radius 2 is 1.84 bits per heavy atom. The molecule has 4 N–H and O–H groups in total. The molecular formula is C15H24N2O2. The lowest BCUT2D eigenvalue weighted by molar-refractivity contribution is -0.123. The highest BCUT2D eigenvalue weighted by Gasteiger charge is 2.18. The maximum Gasteiger partial charge on any atom is 0.237 e. The molecule has 19 heavy (non-hydrogen) atoms. The van der Waals surface area contributed by atoms with Crippen LogP contribution in [0.3, 0.4) is 0 Å². The van der Waals surface area contributed by atoms with E-state index in [4.69, 9.17) is 5.73 Å². The molecule has 1 aromatic carbocycles. The van der Waals surface area contributed by atoms with Gasteiger partial charge in [0, 0.05) is 6.04 Å². The average molecular weight is 264 g/mol. The van der Waals surface area contributed by atoms with Crippen molar-refractivity contribution in [2.24, 2.45) is 11.7 Å². The van der Waals surface area contributed by atoms with E-state index in [0.29, 0.717) is 0 Å². The predicted molar refractivity (Wildman–Crippen MR) is 76.8 cm³/mol.